The lowest BCUT2D eigenvalue weighted by Crippen LogP contribution is -2.23. The Balaban J connectivity index is 1.79. The van der Waals surface area contributed by atoms with Crippen LogP contribution in [0.5, 0.6) is 0 Å². The van der Waals surface area contributed by atoms with Crippen LogP contribution in [0.2, 0.25) is 0 Å². The number of nitrogens with zero attached hydrogens (tertiary/aromatic N) is 1. The Morgan fingerprint density at radius 3 is 2.59 bits per heavy atom. The SMILES string of the molecule is Cc1ccc([N+](=O)[O-])cc1CNC(=O)c1cc2ccc(C(F)(F)F)cc2[nH]1. The van der Waals surface area contributed by atoms with Crippen molar-refractivity contribution < 1.29 is 22.9 Å². The van der Waals surface area contributed by atoms with Gasteiger partial charge in [-0.3, -0.25) is 14.9 Å². The standard InChI is InChI=1S/C18H14F3N3O3/c1-10-2-5-14(24(26)27)6-12(10)9-22-17(25)16-7-11-3-4-13(18(19,20)21)8-15(11)23-16/h2-8,23H,9H2,1H3,(H,22,25). The number of benzene rings is 2. The molecule has 0 spiro atoms. The molecule has 3 rings (SSSR count). The van der Waals surface area contributed by atoms with Gasteiger partial charge in [0.05, 0.1) is 10.5 Å². The number of non-ortho nitro benzene ring substituents is 1. The number of alkyl halides is 3. The molecule has 1 aromatic heterocycles. The molecule has 1 amide bonds. The molecular weight excluding hydrogens is 363 g/mol. The predicted octanol–water partition coefficient (Wildman–Crippen LogP) is 4.33. The molecule has 0 saturated heterocycles. The quantitative estimate of drug-likeness (QED) is 0.524. The molecule has 0 saturated carbocycles. The first-order valence-corrected chi connectivity index (χ1v) is 7.87. The Morgan fingerprint density at radius 1 is 1.19 bits per heavy atom. The van der Waals surface area contributed by atoms with Crippen LogP contribution in [-0.2, 0) is 12.7 Å². The highest BCUT2D eigenvalue weighted by atomic mass is 19.4. The average molecular weight is 377 g/mol. The molecule has 2 N–H and O–H groups in total. The van der Waals surface area contributed by atoms with E-state index in [-0.39, 0.29) is 23.4 Å². The molecule has 140 valence electrons. The Morgan fingerprint density at radius 2 is 1.93 bits per heavy atom. The van der Waals surface area contributed by atoms with Crippen LogP contribution in [0.4, 0.5) is 18.9 Å². The van der Waals surface area contributed by atoms with Crippen LogP contribution in [0.3, 0.4) is 0 Å². The molecule has 2 aromatic carbocycles. The second kappa shape index (κ2) is 6.75. The number of rotatable bonds is 4. The number of nitrogens with one attached hydrogen (secondary N) is 2. The highest BCUT2D eigenvalue weighted by Crippen LogP contribution is 2.31. The van der Waals surface area contributed by atoms with E-state index in [2.05, 4.69) is 10.3 Å². The maximum absolute atomic E-state index is 12.8. The monoisotopic (exact) mass is 377 g/mol. The minimum absolute atomic E-state index is 0.0511. The first-order chi connectivity index (χ1) is 12.6. The minimum Gasteiger partial charge on any atom is -0.351 e. The molecule has 0 aliphatic rings. The summed E-state index contributed by atoms with van der Waals surface area (Å²) >= 11 is 0. The Bertz CT molecular complexity index is 1040. The second-order valence-electron chi connectivity index (χ2n) is 6.03. The summed E-state index contributed by atoms with van der Waals surface area (Å²) in [5.41, 5.74) is 0.750. The lowest BCUT2D eigenvalue weighted by molar-refractivity contribution is -0.384. The van der Waals surface area contributed by atoms with Crippen LogP contribution < -0.4 is 5.32 Å². The van der Waals surface area contributed by atoms with Crippen molar-refractivity contribution in [1.82, 2.24) is 10.3 Å². The highest BCUT2D eigenvalue weighted by molar-refractivity contribution is 5.98. The van der Waals surface area contributed by atoms with E-state index in [0.29, 0.717) is 10.9 Å². The molecule has 0 aliphatic heterocycles. The third-order valence-electron chi connectivity index (χ3n) is 4.18. The van der Waals surface area contributed by atoms with Crippen LogP contribution in [-0.4, -0.2) is 15.8 Å². The number of carbonyl (C=O) groups is 1. The summed E-state index contributed by atoms with van der Waals surface area (Å²) < 4.78 is 38.3. The number of hydrogen-bond donors (Lipinski definition) is 2. The fourth-order valence-electron chi connectivity index (χ4n) is 2.66. The molecular formula is C18H14F3N3O3. The Kier molecular flexibility index (Phi) is 4.61. The number of aromatic amines is 1. The van der Waals surface area contributed by atoms with Crippen LogP contribution in [0, 0.1) is 17.0 Å². The van der Waals surface area contributed by atoms with E-state index in [0.717, 1.165) is 17.7 Å². The number of halogens is 3. The summed E-state index contributed by atoms with van der Waals surface area (Å²) in [7, 11) is 0. The van der Waals surface area contributed by atoms with E-state index in [1.54, 1.807) is 13.0 Å². The van der Waals surface area contributed by atoms with Crippen LogP contribution in [0.15, 0.2) is 42.5 Å². The number of fused-ring (bicyclic) bond motifs is 1. The first kappa shape index (κ1) is 18.4. The number of aromatic nitrogens is 1. The van der Waals surface area contributed by atoms with Crippen molar-refractivity contribution in [3.8, 4) is 0 Å². The van der Waals surface area contributed by atoms with Gasteiger partial charge >= 0.3 is 6.18 Å². The normalized spacial score (nSPS) is 11.6. The van der Waals surface area contributed by atoms with E-state index in [1.807, 2.05) is 0 Å². The van der Waals surface area contributed by atoms with Crippen molar-refractivity contribution in [2.45, 2.75) is 19.6 Å². The lowest BCUT2D eigenvalue weighted by atomic mass is 10.1. The zero-order chi connectivity index (χ0) is 19.8. The van der Waals surface area contributed by atoms with Gasteiger partial charge in [0.2, 0.25) is 0 Å². The number of hydrogen-bond acceptors (Lipinski definition) is 3. The summed E-state index contributed by atoms with van der Waals surface area (Å²) in [6.45, 7) is 1.81. The van der Waals surface area contributed by atoms with Crippen LogP contribution in [0.1, 0.15) is 27.2 Å². The average Bonchev–Trinajstić information content (AvgIpc) is 3.03. The Hall–Kier alpha value is -3.36. The molecule has 9 heteroatoms. The van der Waals surface area contributed by atoms with Gasteiger partial charge in [0, 0.05) is 29.6 Å². The lowest BCUT2D eigenvalue weighted by Gasteiger charge is -2.07. The van der Waals surface area contributed by atoms with Gasteiger partial charge in [0.25, 0.3) is 11.6 Å². The van der Waals surface area contributed by atoms with Gasteiger partial charge in [0.1, 0.15) is 5.69 Å². The number of amides is 1. The van der Waals surface area contributed by atoms with Crippen molar-refractivity contribution in [3.05, 3.63) is 75.0 Å². The number of aryl methyl sites for hydroxylation is 1. The summed E-state index contributed by atoms with van der Waals surface area (Å²) in [4.78, 5) is 25.3. The van der Waals surface area contributed by atoms with Gasteiger partial charge in [-0.1, -0.05) is 12.1 Å². The predicted molar refractivity (Wildman–Crippen MR) is 92.3 cm³/mol. The van der Waals surface area contributed by atoms with Gasteiger partial charge in [-0.25, -0.2) is 0 Å². The highest BCUT2D eigenvalue weighted by Gasteiger charge is 2.30. The molecule has 0 radical (unpaired) electrons. The van der Waals surface area contributed by atoms with E-state index < -0.39 is 22.6 Å². The zero-order valence-electron chi connectivity index (χ0n) is 14.1. The summed E-state index contributed by atoms with van der Waals surface area (Å²) in [6, 6.07) is 8.95. The fourth-order valence-corrected chi connectivity index (χ4v) is 2.66. The van der Waals surface area contributed by atoms with Crippen LogP contribution in [0.25, 0.3) is 10.9 Å². The van der Waals surface area contributed by atoms with Gasteiger partial charge in [0.15, 0.2) is 0 Å². The largest absolute Gasteiger partial charge is 0.416 e. The van der Waals surface area contributed by atoms with Gasteiger partial charge in [-0.15, -0.1) is 0 Å². The molecule has 0 aliphatic carbocycles. The van der Waals surface area contributed by atoms with Crippen molar-refractivity contribution in [2.24, 2.45) is 0 Å². The second-order valence-corrected chi connectivity index (χ2v) is 6.03. The topological polar surface area (TPSA) is 88.0 Å². The number of H-pyrrole nitrogens is 1. The van der Waals surface area contributed by atoms with Gasteiger partial charge < -0.3 is 10.3 Å². The van der Waals surface area contributed by atoms with Crippen molar-refractivity contribution in [3.63, 3.8) is 0 Å². The zero-order valence-corrected chi connectivity index (χ0v) is 14.1. The molecule has 27 heavy (non-hydrogen) atoms. The number of nitro groups is 1. The molecule has 6 nitrogen and oxygen atoms in total. The van der Waals surface area contributed by atoms with E-state index in [4.69, 9.17) is 0 Å². The van der Waals surface area contributed by atoms with Gasteiger partial charge in [-0.05, 0) is 36.2 Å². The molecule has 0 atom stereocenters. The van der Waals surface area contributed by atoms with Crippen molar-refractivity contribution >= 4 is 22.5 Å². The molecule has 0 fully saturated rings. The smallest absolute Gasteiger partial charge is 0.351 e. The van der Waals surface area contributed by atoms with E-state index in [9.17, 15) is 28.1 Å². The summed E-state index contributed by atoms with van der Waals surface area (Å²) in [5.74, 6) is -0.523. The van der Waals surface area contributed by atoms with Crippen molar-refractivity contribution in [1.29, 1.82) is 0 Å². The maximum Gasteiger partial charge on any atom is 0.416 e. The first-order valence-electron chi connectivity index (χ1n) is 7.87. The van der Waals surface area contributed by atoms with E-state index in [1.165, 1.54) is 24.3 Å². The van der Waals surface area contributed by atoms with E-state index >= 15 is 0 Å². The van der Waals surface area contributed by atoms with Crippen LogP contribution >= 0.6 is 0 Å². The molecule has 1 heterocycles. The minimum atomic E-state index is -4.47. The molecule has 0 bridgehead atoms. The van der Waals surface area contributed by atoms with Gasteiger partial charge in [-0.2, -0.15) is 13.2 Å². The van der Waals surface area contributed by atoms with Crippen molar-refractivity contribution in [2.75, 3.05) is 0 Å². The number of nitro benzene ring substituents is 1. The third-order valence-corrected chi connectivity index (χ3v) is 4.18. The summed E-state index contributed by atoms with van der Waals surface area (Å²) in [6.07, 6.45) is -4.47. The third kappa shape index (κ3) is 3.91. The molecule has 3 aromatic rings. The maximum atomic E-state index is 12.8. The fraction of sp³-hybridized carbons (Fsp3) is 0.167. The summed E-state index contributed by atoms with van der Waals surface area (Å²) in [5, 5.41) is 13.9. The number of carbonyl (C=O) groups excluding carboxylic acids is 1. The molecule has 0 unspecified atom stereocenters. The Labute approximate surface area is 151 Å².